The van der Waals surface area contributed by atoms with Crippen LogP contribution in [0.2, 0.25) is 0 Å². The number of amides is 1. The lowest BCUT2D eigenvalue weighted by Crippen LogP contribution is -2.36. The summed E-state index contributed by atoms with van der Waals surface area (Å²) in [4.78, 5) is 13.5. The van der Waals surface area contributed by atoms with Crippen molar-refractivity contribution in [2.75, 3.05) is 11.9 Å². The van der Waals surface area contributed by atoms with Gasteiger partial charge < -0.3 is 4.90 Å². The zero-order chi connectivity index (χ0) is 10.3. The Labute approximate surface area is 89.8 Å². The summed E-state index contributed by atoms with van der Waals surface area (Å²) in [5.41, 5.74) is 0. The van der Waals surface area contributed by atoms with Crippen LogP contribution >= 0.6 is 15.9 Å². The van der Waals surface area contributed by atoms with E-state index < -0.39 is 0 Å². The van der Waals surface area contributed by atoms with Crippen LogP contribution in [0.5, 0.6) is 0 Å². The minimum Gasteiger partial charge on any atom is -0.341 e. The van der Waals surface area contributed by atoms with E-state index in [4.69, 9.17) is 0 Å². The van der Waals surface area contributed by atoms with Crippen molar-refractivity contribution in [3.63, 3.8) is 0 Å². The van der Waals surface area contributed by atoms with Gasteiger partial charge in [-0.05, 0) is 33.6 Å². The van der Waals surface area contributed by atoms with Gasteiger partial charge in [-0.15, -0.1) is 0 Å². The highest BCUT2D eigenvalue weighted by molar-refractivity contribution is 9.09. The Kier molecular flexibility index (Phi) is 7.33. The van der Waals surface area contributed by atoms with Gasteiger partial charge in [-0.2, -0.15) is 0 Å². The standard InChI is InChI=1S/C10H20BrNO/c1-4-12(9(2)3)10(13)7-5-6-8-11/h9H,4-8H2,1-3H3. The highest BCUT2D eigenvalue weighted by Crippen LogP contribution is 2.05. The minimum atomic E-state index is 0.290. The molecule has 1 amide bonds. The summed E-state index contributed by atoms with van der Waals surface area (Å²) in [5.74, 6) is 0.290. The summed E-state index contributed by atoms with van der Waals surface area (Å²) in [7, 11) is 0. The Morgan fingerprint density at radius 3 is 2.38 bits per heavy atom. The van der Waals surface area contributed by atoms with Crippen LogP contribution in [0.15, 0.2) is 0 Å². The fourth-order valence-corrected chi connectivity index (χ4v) is 1.74. The van der Waals surface area contributed by atoms with Crippen LogP contribution < -0.4 is 0 Å². The molecule has 0 aliphatic heterocycles. The molecule has 0 saturated carbocycles. The average Bonchev–Trinajstić information content (AvgIpc) is 2.05. The topological polar surface area (TPSA) is 20.3 Å². The van der Waals surface area contributed by atoms with Gasteiger partial charge in [-0.3, -0.25) is 4.79 Å². The molecular weight excluding hydrogens is 230 g/mol. The normalized spacial score (nSPS) is 10.5. The number of alkyl halides is 1. The molecule has 0 aromatic carbocycles. The fraction of sp³-hybridized carbons (Fsp3) is 0.900. The Hall–Kier alpha value is -0.0500. The van der Waals surface area contributed by atoms with E-state index in [1.54, 1.807) is 0 Å². The SMILES string of the molecule is CCN(C(=O)CCCCBr)C(C)C. The third kappa shape index (κ3) is 5.29. The van der Waals surface area contributed by atoms with E-state index in [1.165, 1.54) is 0 Å². The molecule has 0 aliphatic carbocycles. The van der Waals surface area contributed by atoms with Crippen molar-refractivity contribution in [1.29, 1.82) is 0 Å². The Balaban J connectivity index is 3.78. The summed E-state index contributed by atoms with van der Waals surface area (Å²) in [6, 6.07) is 0.335. The Morgan fingerprint density at radius 2 is 2.00 bits per heavy atom. The molecule has 0 aliphatic rings. The number of rotatable bonds is 6. The monoisotopic (exact) mass is 249 g/mol. The zero-order valence-electron chi connectivity index (χ0n) is 8.85. The summed E-state index contributed by atoms with van der Waals surface area (Å²) in [6.07, 6.45) is 2.77. The van der Waals surface area contributed by atoms with E-state index in [2.05, 4.69) is 29.8 Å². The van der Waals surface area contributed by atoms with E-state index >= 15 is 0 Å². The average molecular weight is 250 g/mol. The van der Waals surface area contributed by atoms with Gasteiger partial charge in [0.1, 0.15) is 0 Å². The van der Waals surface area contributed by atoms with Crippen molar-refractivity contribution in [3.8, 4) is 0 Å². The maximum atomic E-state index is 11.6. The third-order valence-electron chi connectivity index (χ3n) is 2.06. The molecule has 0 saturated heterocycles. The van der Waals surface area contributed by atoms with Crippen molar-refractivity contribution in [3.05, 3.63) is 0 Å². The Bertz CT molecular complexity index is 148. The van der Waals surface area contributed by atoms with Crippen molar-refractivity contribution < 1.29 is 4.79 Å². The molecular formula is C10H20BrNO. The summed E-state index contributed by atoms with van der Waals surface area (Å²) < 4.78 is 0. The number of halogens is 1. The van der Waals surface area contributed by atoms with Gasteiger partial charge in [-0.25, -0.2) is 0 Å². The molecule has 0 bridgehead atoms. The van der Waals surface area contributed by atoms with Crippen LogP contribution in [-0.2, 0) is 4.79 Å². The molecule has 78 valence electrons. The highest BCUT2D eigenvalue weighted by atomic mass is 79.9. The predicted molar refractivity (Wildman–Crippen MR) is 60.2 cm³/mol. The lowest BCUT2D eigenvalue weighted by molar-refractivity contribution is -0.132. The second-order valence-corrected chi connectivity index (χ2v) is 4.21. The smallest absolute Gasteiger partial charge is 0.222 e. The lowest BCUT2D eigenvalue weighted by atomic mass is 10.2. The summed E-state index contributed by atoms with van der Waals surface area (Å²) in [5, 5.41) is 0.994. The Morgan fingerprint density at radius 1 is 1.38 bits per heavy atom. The second-order valence-electron chi connectivity index (χ2n) is 3.42. The van der Waals surface area contributed by atoms with Gasteiger partial charge in [0.2, 0.25) is 5.91 Å². The van der Waals surface area contributed by atoms with Gasteiger partial charge in [0.15, 0.2) is 0 Å². The number of unbranched alkanes of at least 4 members (excludes halogenated alkanes) is 1. The van der Waals surface area contributed by atoms with Crippen LogP contribution in [0, 0.1) is 0 Å². The minimum absolute atomic E-state index is 0.290. The summed E-state index contributed by atoms with van der Waals surface area (Å²) >= 11 is 3.36. The first-order chi connectivity index (χ1) is 6.13. The molecule has 0 fully saturated rings. The fourth-order valence-electron chi connectivity index (χ4n) is 1.34. The van der Waals surface area contributed by atoms with Crippen LogP contribution in [0.4, 0.5) is 0 Å². The van der Waals surface area contributed by atoms with Gasteiger partial charge in [0, 0.05) is 24.3 Å². The molecule has 0 aromatic rings. The van der Waals surface area contributed by atoms with E-state index in [0.29, 0.717) is 18.4 Å². The lowest BCUT2D eigenvalue weighted by Gasteiger charge is -2.25. The highest BCUT2D eigenvalue weighted by Gasteiger charge is 2.13. The molecule has 0 heterocycles. The maximum Gasteiger partial charge on any atom is 0.222 e. The van der Waals surface area contributed by atoms with Gasteiger partial charge in [0.05, 0.1) is 0 Å². The van der Waals surface area contributed by atoms with Crippen LogP contribution in [0.25, 0.3) is 0 Å². The predicted octanol–water partition coefficient (Wildman–Crippen LogP) is 2.81. The quantitative estimate of drug-likeness (QED) is 0.524. The number of hydrogen-bond donors (Lipinski definition) is 0. The second kappa shape index (κ2) is 7.36. The first-order valence-electron chi connectivity index (χ1n) is 4.98. The number of carbonyl (C=O) groups is 1. The summed E-state index contributed by atoms with van der Waals surface area (Å²) in [6.45, 7) is 6.98. The molecule has 0 aromatic heterocycles. The largest absolute Gasteiger partial charge is 0.341 e. The van der Waals surface area contributed by atoms with Crippen LogP contribution in [0.3, 0.4) is 0 Å². The van der Waals surface area contributed by atoms with E-state index in [1.807, 2.05) is 11.8 Å². The first-order valence-corrected chi connectivity index (χ1v) is 6.11. The number of nitrogens with zero attached hydrogens (tertiary/aromatic N) is 1. The number of hydrogen-bond acceptors (Lipinski definition) is 1. The molecule has 0 rings (SSSR count). The van der Waals surface area contributed by atoms with E-state index in [-0.39, 0.29) is 0 Å². The maximum absolute atomic E-state index is 11.6. The molecule has 2 nitrogen and oxygen atoms in total. The zero-order valence-corrected chi connectivity index (χ0v) is 10.4. The van der Waals surface area contributed by atoms with Crippen molar-refractivity contribution in [2.24, 2.45) is 0 Å². The van der Waals surface area contributed by atoms with Crippen LogP contribution in [0.1, 0.15) is 40.0 Å². The third-order valence-corrected chi connectivity index (χ3v) is 2.62. The molecule has 0 spiro atoms. The van der Waals surface area contributed by atoms with Crippen molar-refractivity contribution in [1.82, 2.24) is 4.90 Å². The molecule has 0 unspecified atom stereocenters. The van der Waals surface area contributed by atoms with Gasteiger partial charge >= 0.3 is 0 Å². The number of carbonyl (C=O) groups excluding carboxylic acids is 1. The molecule has 0 radical (unpaired) electrons. The van der Waals surface area contributed by atoms with E-state index in [0.717, 1.165) is 24.7 Å². The van der Waals surface area contributed by atoms with Crippen LogP contribution in [-0.4, -0.2) is 28.7 Å². The van der Waals surface area contributed by atoms with Crippen molar-refractivity contribution in [2.45, 2.75) is 46.1 Å². The molecule has 13 heavy (non-hydrogen) atoms. The first kappa shape index (κ1) is 12.9. The molecule has 0 N–H and O–H groups in total. The van der Waals surface area contributed by atoms with Gasteiger partial charge in [0.25, 0.3) is 0 Å². The molecule has 0 atom stereocenters. The van der Waals surface area contributed by atoms with E-state index in [9.17, 15) is 4.79 Å². The van der Waals surface area contributed by atoms with Gasteiger partial charge in [-0.1, -0.05) is 15.9 Å². The molecule has 3 heteroatoms. The van der Waals surface area contributed by atoms with Crippen molar-refractivity contribution >= 4 is 21.8 Å².